The Balaban J connectivity index is 2.19. The van der Waals surface area contributed by atoms with E-state index in [9.17, 15) is 9.18 Å². The summed E-state index contributed by atoms with van der Waals surface area (Å²) in [7, 11) is 3.55. The van der Waals surface area contributed by atoms with Crippen LogP contribution >= 0.6 is 0 Å². The third-order valence-electron chi connectivity index (χ3n) is 4.71. The molecule has 0 aliphatic rings. The fourth-order valence-corrected chi connectivity index (χ4v) is 3.01. The Morgan fingerprint density at radius 1 is 1.31 bits per heavy atom. The van der Waals surface area contributed by atoms with Gasteiger partial charge in [0.15, 0.2) is 0 Å². The van der Waals surface area contributed by atoms with E-state index in [0.717, 1.165) is 27.6 Å². The maximum absolute atomic E-state index is 13.0. The summed E-state index contributed by atoms with van der Waals surface area (Å²) in [5.74, 6) is -0.126. The van der Waals surface area contributed by atoms with E-state index in [1.807, 2.05) is 45.3 Å². The Bertz CT molecular complexity index is 964. The number of aryl methyl sites for hydroxylation is 3. The van der Waals surface area contributed by atoms with Crippen LogP contribution in [0, 0.1) is 13.8 Å². The monoisotopic (exact) mass is 354 g/mol. The Kier molecular flexibility index (Phi) is 5.02. The molecule has 1 aromatic carbocycles. The zero-order valence-corrected chi connectivity index (χ0v) is 15.6. The van der Waals surface area contributed by atoms with Gasteiger partial charge in [0.1, 0.15) is 0 Å². The number of rotatable bonds is 5. The van der Waals surface area contributed by atoms with Crippen LogP contribution in [0.5, 0.6) is 0 Å². The highest BCUT2D eigenvalue weighted by atomic mass is 19.1. The smallest absolute Gasteiger partial charge is 0.254 e. The van der Waals surface area contributed by atoms with Gasteiger partial charge in [0, 0.05) is 37.8 Å². The summed E-state index contributed by atoms with van der Waals surface area (Å²) >= 11 is 0. The molecular formula is C20H23FN4O. The summed E-state index contributed by atoms with van der Waals surface area (Å²) in [5, 5.41) is 5.02. The number of aromatic nitrogens is 3. The lowest BCUT2D eigenvalue weighted by molar-refractivity contribution is 0.0793. The predicted molar refractivity (Wildman–Crippen MR) is 101 cm³/mol. The second kappa shape index (κ2) is 7.23. The SMILES string of the molecule is Cc1ccc2c(C(=O)N(C)CCCF)cc(-c3cnn(C)c3)nc2c1C. The van der Waals surface area contributed by atoms with Crippen molar-refractivity contribution in [3.63, 3.8) is 0 Å². The number of benzene rings is 1. The van der Waals surface area contributed by atoms with Crippen LogP contribution in [0.2, 0.25) is 0 Å². The minimum atomic E-state index is -0.437. The number of pyridine rings is 1. The van der Waals surface area contributed by atoms with E-state index in [4.69, 9.17) is 4.98 Å². The number of halogens is 1. The molecule has 0 atom stereocenters. The van der Waals surface area contributed by atoms with Crippen LogP contribution in [0.3, 0.4) is 0 Å². The zero-order valence-electron chi connectivity index (χ0n) is 15.6. The average molecular weight is 354 g/mol. The van der Waals surface area contributed by atoms with Gasteiger partial charge in [-0.15, -0.1) is 0 Å². The molecule has 0 fully saturated rings. The van der Waals surface area contributed by atoms with Crippen LogP contribution in [0.1, 0.15) is 27.9 Å². The molecule has 0 N–H and O–H groups in total. The van der Waals surface area contributed by atoms with Crippen LogP contribution in [0.4, 0.5) is 4.39 Å². The largest absolute Gasteiger partial charge is 0.342 e. The van der Waals surface area contributed by atoms with E-state index in [1.54, 1.807) is 22.8 Å². The zero-order chi connectivity index (χ0) is 18.8. The fraction of sp³-hybridized carbons (Fsp3) is 0.350. The third kappa shape index (κ3) is 3.31. The van der Waals surface area contributed by atoms with E-state index < -0.39 is 6.67 Å². The highest BCUT2D eigenvalue weighted by Gasteiger charge is 2.19. The molecule has 3 rings (SSSR count). The van der Waals surface area contributed by atoms with Crippen molar-refractivity contribution in [2.45, 2.75) is 20.3 Å². The highest BCUT2D eigenvalue weighted by molar-refractivity contribution is 6.07. The van der Waals surface area contributed by atoms with E-state index in [1.165, 1.54) is 0 Å². The summed E-state index contributed by atoms with van der Waals surface area (Å²) in [6.45, 7) is 3.99. The first-order valence-electron chi connectivity index (χ1n) is 8.63. The van der Waals surface area contributed by atoms with Crippen molar-refractivity contribution >= 4 is 16.8 Å². The molecule has 0 bridgehead atoms. The summed E-state index contributed by atoms with van der Waals surface area (Å²) in [5.41, 5.74) is 5.13. The number of hydrogen-bond acceptors (Lipinski definition) is 3. The molecule has 0 saturated heterocycles. The van der Waals surface area contributed by atoms with Gasteiger partial charge in [-0.2, -0.15) is 5.10 Å². The first-order chi connectivity index (χ1) is 12.4. The van der Waals surface area contributed by atoms with Gasteiger partial charge in [-0.3, -0.25) is 13.9 Å². The number of carbonyl (C=O) groups is 1. The summed E-state index contributed by atoms with van der Waals surface area (Å²) < 4.78 is 14.2. The van der Waals surface area contributed by atoms with E-state index in [-0.39, 0.29) is 5.91 Å². The minimum absolute atomic E-state index is 0.126. The highest BCUT2D eigenvalue weighted by Crippen LogP contribution is 2.28. The van der Waals surface area contributed by atoms with Crippen molar-refractivity contribution in [2.24, 2.45) is 7.05 Å². The molecular weight excluding hydrogens is 331 g/mol. The van der Waals surface area contributed by atoms with Crippen molar-refractivity contribution in [1.29, 1.82) is 0 Å². The number of nitrogens with zero attached hydrogens (tertiary/aromatic N) is 4. The first kappa shape index (κ1) is 18.0. The summed E-state index contributed by atoms with van der Waals surface area (Å²) in [6.07, 6.45) is 3.94. The predicted octanol–water partition coefficient (Wildman–Crippen LogP) is 3.68. The van der Waals surface area contributed by atoms with Crippen molar-refractivity contribution in [3.05, 3.63) is 47.3 Å². The standard InChI is InChI=1S/C20H23FN4O/c1-13-6-7-16-17(20(26)24(3)9-5-8-21)10-18(23-19(16)14(13)2)15-11-22-25(4)12-15/h6-7,10-12H,5,8-9H2,1-4H3. The number of fused-ring (bicyclic) bond motifs is 1. The van der Waals surface area contributed by atoms with Gasteiger partial charge >= 0.3 is 0 Å². The van der Waals surface area contributed by atoms with Gasteiger partial charge in [-0.25, -0.2) is 4.98 Å². The molecule has 0 aliphatic carbocycles. The van der Waals surface area contributed by atoms with Gasteiger partial charge in [0.25, 0.3) is 5.91 Å². The molecule has 0 radical (unpaired) electrons. The number of alkyl halides is 1. The van der Waals surface area contributed by atoms with E-state index >= 15 is 0 Å². The second-order valence-corrected chi connectivity index (χ2v) is 6.63. The third-order valence-corrected chi connectivity index (χ3v) is 4.71. The topological polar surface area (TPSA) is 51.0 Å². The Labute approximate surface area is 152 Å². The maximum Gasteiger partial charge on any atom is 0.254 e. The molecule has 5 nitrogen and oxygen atoms in total. The van der Waals surface area contributed by atoms with Gasteiger partial charge in [-0.1, -0.05) is 12.1 Å². The van der Waals surface area contributed by atoms with Crippen molar-refractivity contribution in [3.8, 4) is 11.3 Å². The van der Waals surface area contributed by atoms with Crippen LogP contribution in [-0.2, 0) is 7.05 Å². The normalized spacial score (nSPS) is 11.1. The molecule has 26 heavy (non-hydrogen) atoms. The molecule has 6 heteroatoms. The quantitative estimate of drug-likeness (QED) is 0.702. The Morgan fingerprint density at radius 3 is 2.73 bits per heavy atom. The van der Waals surface area contributed by atoms with Crippen LogP contribution in [0.25, 0.3) is 22.2 Å². The lowest BCUT2D eigenvalue weighted by Gasteiger charge is -2.19. The molecule has 0 saturated carbocycles. The Morgan fingerprint density at radius 2 is 2.08 bits per heavy atom. The van der Waals surface area contributed by atoms with Crippen LogP contribution in [-0.4, -0.2) is 45.8 Å². The first-order valence-corrected chi connectivity index (χ1v) is 8.63. The second-order valence-electron chi connectivity index (χ2n) is 6.63. The van der Waals surface area contributed by atoms with Crippen molar-refractivity contribution in [1.82, 2.24) is 19.7 Å². The van der Waals surface area contributed by atoms with Gasteiger partial charge in [0.2, 0.25) is 0 Å². The van der Waals surface area contributed by atoms with Gasteiger partial charge in [0.05, 0.1) is 29.6 Å². The minimum Gasteiger partial charge on any atom is -0.342 e. The van der Waals surface area contributed by atoms with E-state index in [0.29, 0.717) is 24.2 Å². The molecule has 136 valence electrons. The number of hydrogen-bond donors (Lipinski definition) is 0. The van der Waals surface area contributed by atoms with Crippen LogP contribution < -0.4 is 0 Å². The lowest BCUT2D eigenvalue weighted by atomic mass is 9.99. The van der Waals surface area contributed by atoms with Gasteiger partial charge < -0.3 is 4.90 Å². The molecule has 0 aliphatic heterocycles. The lowest BCUT2D eigenvalue weighted by Crippen LogP contribution is -2.28. The molecule has 0 unspecified atom stereocenters. The molecule has 3 aromatic rings. The Hall–Kier alpha value is -2.76. The molecule has 0 spiro atoms. The van der Waals surface area contributed by atoms with Gasteiger partial charge in [-0.05, 0) is 37.5 Å². The van der Waals surface area contributed by atoms with Crippen molar-refractivity contribution in [2.75, 3.05) is 20.3 Å². The number of carbonyl (C=O) groups excluding carboxylic acids is 1. The van der Waals surface area contributed by atoms with Crippen molar-refractivity contribution < 1.29 is 9.18 Å². The average Bonchev–Trinajstić information content (AvgIpc) is 3.07. The summed E-state index contributed by atoms with van der Waals surface area (Å²) in [6, 6.07) is 5.75. The molecule has 1 amide bonds. The fourth-order valence-electron chi connectivity index (χ4n) is 3.01. The molecule has 2 aromatic heterocycles. The summed E-state index contributed by atoms with van der Waals surface area (Å²) in [4.78, 5) is 19.4. The van der Waals surface area contributed by atoms with Crippen LogP contribution in [0.15, 0.2) is 30.6 Å². The van der Waals surface area contributed by atoms with E-state index in [2.05, 4.69) is 5.10 Å². The molecule has 2 heterocycles. The maximum atomic E-state index is 13.0. The number of amides is 1.